The molecule has 1 fully saturated rings. The number of nitrogens with zero attached hydrogens (tertiary/aromatic N) is 1. The fraction of sp³-hybridized carbons (Fsp3) is 0.562. The predicted octanol–water partition coefficient (Wildman–Crippen LogP) is 2.68. The van der Waals surface area contributed by atoms with Gasteiger partial charge in [-0.2, -0.15) is 0 Å². The standard InChI is InChI=1S/C16H24N2O2/c1-5-17-14-10-11(2)6-7-13(14)16(19)18(4)15-8-9-20-12(15)3/h6-7,10,12,15,17H,5,8-9H2,1-4H3. The highest BCUT2D eigenvalue weighted by Crippen LogP contribution is 2.24. The van der Waals surface area contributed by atoms with Gasteiger partial charge in [-0.3, -0.25) is 4.79 Å². The summed E-state index contributed by atoms with van der Waals surface area (Å²) < 4.78 is 5.56. The van der Waals surface area contributed by atoms with Crippen molar-refractivity contribution < 1.29 is 9.53 Å². The molecule has 110 valence electrons. The van der Waals surface area contributed by atoms with Gasteiger partial charge in [0.1, 0.15) is 0 Å². The molecule has 0 spiro atoms. The summed E-state index contributed by atoms with van der Waals surface area (Å²) in [5.74, 6) is 0.0586. The maximum Gasteiger partial charge on any atom is 0.256 e. The van der Waals surface area contributed by atoms with E-state index < -0.39 is 0 Å². The van der Waals surface area contributed by atoms with Crippen LogP contribution in [0.2, 0.25) is 0 Å². The van der Waals surface area contributed by atoms with E-state index in [9.17, 15) is 4.79 Å². The zero-order chi connectivity index (χ0) is 14.7. The Hall–Kier alpha value is -1.55. The fourth-order valence-corrected chi connectivity index (χ4v) is 2.75. The average Bonchev–Trinajstić information content (AvgIpc) is 2.84. The summed E-state index contributed by atoms with van der Waals surface area (Å²) in [6.45, 7) is 7.63. The Morgan fingerprint density at radius 3 is 2.85 bits per heavy atom. The van der Waals surface area contributed by atoms with Crippen LogP contribution in [0.1, 0.15) is 36.2 Å². The van der Waals surface area contributed by atoms with Crippen molar-refractivity contribution in [3.05, 3.63) is 29.3 Å². The first kappa shape index (κ1) is 14.9. The van der Waals surface area contributed by atoms with E-state index in [1.54, 1.807) is 0 Å². The summed E-state index contributed by atoms with van der Waals surface area (Å²) in [6, 6.07) is 6.08. The minimum Gasteiger partial charge on any atom is -0.385 e. The largest absolute Gasteiger partial charge is 0.385 e. The van der Waals surface area contributed by atoms with E-state index in [-0.39, 0.29) is 18.1 Å². The van der Waals surface area contributed by atoms with E-state index in [4.69, 9.17) is 4.74 Å². The molecule has 1 N–H and O–H groups in total. The lowest BCUT2D eigenvalue weighted by Crippen LogP contribution is -2.41. The minimum absolute atomic E-state index is 0.0586. The second kappa shape index (κ2) is 6.27. The van der Waals surface area contributed by atoms with Crippen LogP contribution in [0.5, 0.6) is 0 Å². The monoisotopic (exact) mass is 276 g/mol. The van der Waals surface area contributed by atoms with E-state index in [0.717, 1.165) is 36.4 Å². The van der Waals surface area contributed by atoms with Crippen LogP contribution >= 0.6 is 0 Å². The van der Waals surface area contributed by atoms with Crippen LogP contribution < -0.4 is 5.32 Å². The molecule has 0 aromatic heterocycles. The molecule has 2 rings (SSSR count). The Kier molecular flexibility index (Phi) is 4.65. The van der Waals surface area contributed by atoms with E-state index in [0.29, 0.717) is 0 Å². The summed E-state index contributed by atoms with van der Waals surface area (Å²) in [7, 11) is 1.87. The van der Waals surface area contributed by atoms with Crippen LogP contribution in [0, 0.1) is 6.92 Å². The Labute approximate surface area is 121 Å². The molecule has 0 saturated carbocycles. The van der Waals surface area contributed by atoms with Crippen molar-refractivity contribution in [2.75, 3.05) is 25.5 Å². The highest BCUT2D eigenvalue weighted by molar-refractivity contribution is 5.99. The number of benzene rings is 1. The fourth-order valence-electron chi connectivity index (χ4n) is 2.75. The van der Waals surface area contributed by atoms with Crippen LogP contribution in [-0.4, -0.2) is 43.2 Å². The lowest BCUT2D eigenvalue weighted by molar-refractivity contribution is 0.0575. The van der Waals surface area contributed by atoms with Crippen molar-refractivity contribution >= 4 is 11.6 Å². The van der Waals surface area contributed by atoms with Gasteiger partial charge in [0.05, 0.1) is 17.7 Å². The number of likely N-dealkylation sites (N-methyl/N-ethyl adjacent to an activating group) is 1. The maximum absolute atomic E-state index is 12.7. The molecule has 1 aliphatic heterocycles. The molecular formula is C16H24N2O2. The third-order valence-corrected chi connectivity index (χ3v) is 3.93. The molecule has 1 aliphatic rings. The molecule has 2 atom stereocenters. The van der Waals surface area contributed by atoms with Crippen molar-refractivity contribution in [2.24, 2.45) is 0 Å². The molecule has 0 bridgehead atoms. The predicted molar refractivity (Wildman–Crippen MR) is 81.3 cm³/mol. The molecule has 0 aliphatic carbocycles. The molecular weight excluding hydrogens is 252 g/mol. The van der Waals surface area contributed by atoms with Gasteiger partial charge in [-0.15, -0.1) is 0 Å². The van der Waals surface area contributed by atoms with Gasteiger partial charge in [-0.1, -0.05) is 6.07 Å². The van der Waals surface area contributed by atoms with Gasteiger partial charge in [-0.25, -0.2) is 0 Å². The first-order valence-corrected chi connectivity index (χ1v) is 7.28. The molecule has 1 amide bonds. The topological polar surface area (TPSA) is 41.6 Å². The number of carbonyl (C=O) groups is 1. The van der Waals surface area contributed by atoms with E-state index in [1.807, 2.05) is 50.9 Å². The molecule has 1 heterocycles. The molecule has 2 unspecified atom stereocenters. The number of carbonyl (C=O) groups excluding carboxylic acids is 1. The lowest BCUT2D eigenvalue weighted by Gasteiger charge is -2.27. The third kappa shape index (κ3) is 2.96. The first-order valence-electron chi connectivity index (χ1n) is 7.28. The molecule has 1 aromatic carbocycles. The molecule has 1 saturated heterocycles. The van der Waals surface area contributed by atoms with Crippen molar-refractivity contribution in [3.8, 4) is 0 Å². The van der Waals surface area contributed by atoms with Crippen molar-refractivity contribution in [2.45, 2.75) is 39.3 Å². The highest BCUT2D eigenvalue weighted by Gasteiger charge is 2.31. The van der Waals surface area contributed by atoms with Gasteiger partial charge in [0, 0.05) is 25.9 Å². The molecule has 4 nitrogen and oxygen atoms in total. The second-order valence-electron chi connectivity index (χ2n) is 5.43. The van der Waals surface area contributed by atoms with Gasteiger partial charge in [-0.05, 0) is 44.9 Å². The number of aryl methyl sites for hydroxylation is 1. The number of anilines is 1. The van der Waals surface area contributed by atoms with Crippen LogP contribution in [0.15, 0.2) is 18.2 Å². The lowest BCUT2D eigenvalue weighted by atomic mass is 10.1. The van der Waals surface area contributed by atoms with Crippen molar-refractivity contribution in [1.82, 2.24) is 4.90 Å². The summed E-state index contributed by atoms with van der Waals surface area (Å²) in [5, 5.41) is 3.28. The highest BCUT2D eigenvalue weighted by atomic mass is 16.5. The second-order valence-corrected chi connectivity index (χ2v) is 5.43. The van der Waals surface area contributed by atoms with Crippen LogP contribution in [0.3, 0.4) is 0 Å². The van der Waals surface area contributed by atoms with Crippen molar-refractivity contribution in [1.29, 1.82) is 0 Å². The molecule has 4 heteroatoms. The van der Waals surface area contributed by atoms with E-state index in [2.05, 4.69) is 5.32 Å². The smallest absolute Gasteiger partial charge is 0.256 e. The number of hydrogen-bond donors (Lipinski definition) is 1. The molecule has 20 heavy (non-hydrogen) atoms. The maximum atomic E-state index is 12.7. The third-order valence-electron chi connectivity index (χ3n) is 3.93. The minimum atomic E-state index is 0.0586. The summed E-state index contributed by atoms with van der Waals surface area (Å²) in [5.41, 5.74) is 2.80. The van der Waals surface area contributed by atoms with E-state index >= 15 is 0 Å². The van der Waals surface area contributed by atoms with Crippen LogP contribution in [0.25, 0.3) is 0 Å². The van der Waals surface area contributed by atoms with Gasteiger partial charge in [0.25, 0.3) is 5.91 Å². The van der Waals surface area contributed by atoms with Crippen LogP contribution in [-0.2, 0) is 4.74 Å². The average molecular weight is 276 g/mol. The van der Waals surface area contributed by atoms with Gasteiger partial charge >= 0.3 is 0 Å². The van der Waals surface area contributed by atoms with E-state index in [1.165, 1.54) is 0 Å². The summed E-state index contributed by atoms with van der Waals surface area (Å²) in [4.78, 5) is 14.5. The summed E-state index contributed by atoms with van der Waals surface area (Å²) in [6.07, 6.45) is 1.02. The van der Waals surface area contributed by atoms with Gasteiger partial charge < -0.3 is 15.0 Å². The molecule has 0 radical (unpaired) electrons. The summed E-state index contributed by atoms with van der Waals surface area (Å²) >= 11 is 0. The Bertz CT molecular complexity index is 487. The molecule has 1 aromatic rings. The number of rotatable bonds is 4. The van der Waals surface area contributed by atoms with Gasteiger partial charge in [0.2, 0.25) is 0 Å². The number of hydrogen-bond acceptors (Lipinski definition) is 3. The normalized spacial score (nSPS) is 21.8. The zero-order valence-corrected chi connectivity index (χ0v) is 12.8. The zero-order valence-electron chi connectivity index (χ0n) is 12.8. The number of nitrogens with one attached hydrogen (secondary N) is 1. The van der Waals surface area contributed by atoms with Crippen molar-refractivity contribution in [3.63, 3.8) is 0 Å². The Balaban J connectivity index is 2.23. The number of amides is 1. The van der Waals surface area contributed by atoms with Crippen LogP contribution in [0.4, 0.5) is 5.69 Å². The first-order chi connectivity index (χ1) is 9.54. The Morgan fingerprint density at radius 2 is 2.25 bits per heavy atom. The Morgan fingerprint density at radius 1 is 1.50 bits per heavy atom. The SMILES string of the molecule is CCNc1cc(C)ccc1C(=O)N(C)C1CCOC1C. The van der Waals surface area contributed by atoms with Gasteiger partial charge in [0.15, 0.2) is 0 Å². The number of ether oxygens (including phenoxy) is 1. The quantitative estimate of drug-likeness (QED) is 0.919.